The van der Waals surface area contributed by atoms with Gasteiger partial charge in [-0.05, 0) is 24.6 Å². The fraction of sp³-hybridized carbons (Fsp3) is 0.304. The third kappa shape index (κ3) is 3.89. The number of hydrogen-bond donors (Lipinski definition) is 0. The second-order valence-corrected chi connectivity index (χ2v) is 8.74. The number of aryl methyl sites for hydroxylation is 1. The first-order valence-electron chi connectivity index (χ1n) is 10.5. The van der Waals surface area contributed by atoms with Crippen molar-refractivity contribution in [3.05, 3.63) is 70.0 Å². The highest BCUT2D eigenvalue weighted by atomic mass is 32.2. The summed E-state index contributed by atoms with van der Waals surface area (Å²) in [5.41, 5.74) is 2.80. The van der Waals surface area contributed by atoms with E-state index in [1.807, 2.05) is 64.8 Å². The lowest BCUT2D eigenvalue weighted by Gasteiger charge is -2.26. The van der Waals surface area contributed by atoms with Crippen LogP contribution in [-0.4, -0.2) is 62.0 Å². The average Bonchev–Trinajstić information content (AvgIpc) is 3.26. The van der Waals surface area contributed by atoms with Gasteiger partial charge in [-0.2, -0.15) is 0 Å². The molecule has 0 aliphatic carbocycles. The van der Waals surface area contributed by atoms with Crippen molar-refractivity contribution in [3.63, 3.8) is 0 Å². The quantitative estimate of drug-likeness (QED) is 0.435. The number of hydrogen-bond acceptors (Lipinski definition) is 6. The summed E-state index contributed by atoms with van der Waals surface area (Å²) >= 11 is 1.34. The highest BCUT2D eigenvalue weighted by Gasteiger charge is 2.20. The van der Waals surface area contributed by atoms with E-state index in [1.54, 1.807) is 4.57 Å². The molecule has 1 saturated heterocycles. The van der Waals surface area contributed by atoms with Gasteiger partial charge in [-0.1, -0.05) is 53.7 Å². The number of morpholine rings is 1. The van der Waals surface area contributed by atoms with Gasteiger partial charge in [0.15, 0.2) is 5.16 Å². The molecule has 0 atom stereocenters. The van der Waals surface area contributed by atoms with Gasteiger partial charge in [-0.25, -0.2) is 0 Å². The van der Waals surface area contributed by atoms with Crippen LogP contribution in [0.25, 0.3) is 16.7 Å². The smallest absolute Gasteiger partial charge is 0.263 e. The standard InChI is InChI=1S/C23H23N5O3S/c1-16-6-8-17(9-7-16)14-27-21(30)18-4-2-3-5-19(18)28-22(27)24-25-23(28)32-15-20(29)26-10-12-31-13-11-26/h2-9H,10-15H2,1H3. The molecule has 1 aliphatic heterocycles. The van der Waals surface area contributed by atoms with E-state index in [2.05, 4.69) is 10.2 Å². The molecule has 0 radical (unpaired) electrons. The van der Waals surface area contributed by atoms with Crippen molar-refractivity contribution >= 4 is 34.3 Å². The van der Waals surface area contributed by atoms with Crippen molar-refractivity contribution in [2.24, 2.45) is 0 Å². The molecule has 1 aliphatic rings. The van der Waals surface area contributed by atoms with Crippen molar-refractivity contribution in [3.8, 4) is 0 Å². The van der Waals surface area contributed by atoms with E-state index in [4.69, 9.17) is 4.74 Å². The first-order chi connectivity index (χ1) is 15.6. The number of thioether (sulfide) groups is 1. The molecule has 32 heavy (non-hydrogen) atoms. The zero-order valence-electron chi connectivity index (χ0n) is 17.7. The maximum atomic E-state index is 13.3. The zero-order valence-corrected chi connectivity index (χ0v) is 18.5. The zero-order chi connectivity index (χ0) is 22.1. The number of benzene rings is 2. The molecule has 9 heteroatoms. The van der Waals surface area contributed by atoms with Gasteiger partial charge in [-0.15, -0.1) is 10.2 Å². The van der Waals surface area contributed by atoms with Gasteiger partial charge in [0.25, 0.3) is 5.56 Å². The van der Waals surface area contributed by atoms with Crippen molar-refractivity contribution in [2.45, 2.75) is 18.6 Å². The number of fused-ring (bicyclic) bond motifs is 3. The van der Waals surface area contributed by atoms with E-state index >= 15 is 0 Å². The molecule has 0 spiro atoms. The summed E-state index contributed by atoms with van der Waals surface area (Å²) in [7, 11) is 0. The Bertz CT molecular complexity index is 1340. The lowest BCUT2D eigenvalue weighted by Crippen LogP contribution is -2.41. The number of para-hydroxylation sites is 1. The van der Waals surface area contributed by atoms with Gasteiger partial charge >= 0.3 is 0 Å². The SMILES string of the molecule is Cc1ccc(Cn2c(=O)c3ccccc3n3c(SCC(=O)N4CCOCC4)nnc23)cc1. The number of nitrogens with zero attached hydrogens (tertiary/aromatic N) is 5. The second-order valence-electron chi connectivity index (χ2n) is 7.79. The molecule has 3 heterocycles. The molecule has 8 nitrogen and oxygen atoms in total. The predicted octanol–water partition coefficient (Wildman–Crippen LogP) is 2.35. The molecular weight excluding hydrogens is 426 g/mol. The fourth-order valence-electron chi connectivity index (χ4n) is 3.88. The third-order valence-electron chi connectivity index (χ3n) is 5.63. The van der Waals surface area contributed by atoms with Crippen molar-refractivity contribution in [1.29, 1.82) is 0 Å². The van der Waals surface area contributed by atoms with Gasteiger partial charge in [0.05, 0.1) is 36.4 Å². The Morgan fingerprint density at radius 1 is 1.06 bits per heavy atom. The number of carbonyl (C=O) groups is 1. The molecule has 164 valence electrons. The fourth-order valence-corrected chi connectivity index (χ4v) is 4.72. The second kappa shape index (κ2) is 8.76. The lowest BCUT2D eigenvalue weighted by atomic mass is 10.1. The van der Waals surface area contributed by atoms with Crippen molar-refractivity contribution in [1.82, 2.24) is 24.1 Å². The predicted molar refractivity (Wildman–Crippen MR) is 123 cm³/mol. The summed E-state index contributed by atoms with van der Waals surface area (Å²) in [6.07, 6.45) is 0. The van der Waals surface area contributed by atoms with Crippen molar-refractivity contribution in [2.75, 3.05) is 32.1 Å². The maximum absolute atomic E-state index is 13.3. The normalized spacial score (nSPS) is 14.3. The molecule has 1 fully saturated rings. The van der Waals surface area contributed by atoms with Gasteiger partial charge < -0.3 is 9.64 Å². The summed E-state index contributed by atoms with van der Waals surface area (Å²) in [4.78, 5) is 27.7. The summed E-state index contributed by atoms with van der Waals surface area (Å²) in [5.74, 6) is 0.773. The van der Waals surface area contributed by atoms with Crippen LogP contribution in [0.5, 0.6) is 0 Å². The van der Waals surface area contributed by atoms with Gasteiger partial charge in [0.2, 0.25) is 11.7 Å². The summed E-state index contributed by atoms with van der Waals surface area (Å²) < 4.78 is 8.85. The van der Waals surface area contributed by atoms with E-state index in [0.29, 0.717) is 49.2 Å². The molecule has 2 aromatic carbocycles. The van der Waals surface area contributed by atoms with Crippen LogP contribution in [0.1, 0.15) is 11.1 Å². The average molecular weight is 450 g/mol. The van der Waals surface area contributed by atoms with Crippen LogP contribution in [-0.2, 0) is 16.1 Å². The minimum Gasteiger partial charge on any atom is -0.378 e. The molecule has 0 bridgehead atoms. The van der Waals surface area contributed by atoms with Crippen LogP contribution in [0.4, 0.5) is 0 Å². The van der Waals surface area contributed by atoms with Gasteiger partial charge in [0, 0.05) is 13.1 Å². The molecule has 1 amide bonds. The van der Waals surface area contributed by atoms with E-state index < -0.39 is 0 Å². The Morgan fingerprint density at radius 3 is 2.59 bits per heavy atom. The first-order valence-corrected chi connectivity index (χ1v) is 11.5. The maximum Gasteiger partial charge on any atom is 0.263 e. The molecule has 0 unspecified atom stereocenters. The van der Waals surface area contributed by atoms with Crippen LogP contribution in [0.15, 0.2) is 58.5 Å². The number of carbonyl (C=O) groups excluding carboxylic acids is 1. The van der Waals surface area contributed by atoms with E-state index in [-0.39, 0.29) is 17.2 Å². The van der Waals surface area contributed by atoms with Gasteiger partial charge in [-0.3, -0.25) is 18.6 Å². The van der Waals surface area contributed by atoms with Crippen LogP contribution in [0.2, 0.25) is 0 Å². The minimum atomic E-state index is -0.109. The van der Waals surface area contributed by atoms with E-state index in [0.717, 1.165) is 16.6 Å². The van der Waals surface area contributed by atoms with Gasteiger partial charge in [0.1, 0.15) is 0 Å². The number of rotatable bonds is 5. The summed E-state index contributed by atoms with van der Waals surface area (Å²) in [6, 6.07) is 15.5. The number of ether oxygens (including phenoxy) is 1. The third-order valence-corrected chi connectivity index (χ3v) is 6.54. The molecule has 4 aromatic rings. The number of aromatic nitrogens is 4. The Labute approximate surface area is 188 Å². The Morgan fingerprint density at radius 2 is 1.81 bits per heavy atom. The molecule has 0 N–H and O–H groups in total. The highest BCUT2D eigenvalue weighted by Crippen LogP contribution is 2.22. The topological polar surface area (TPSA) is 81.7 Å². The first kappa shape index (κ1) is 20.7. The monoisotopic (exact) mass is 449 g/mol. The van der Waals surface area contributed by atoms with Crippen LogP contribution < -0.4 is 5.56 Å². The van der Waals surface area contributed by atoms with E-state index in [9.17, 15) is 9.59 Å². The molecule has 0 saturated carbocycles. The summed E-state index contributed by atoms with van der Waals surface area (Å²) in [6.45, 7) is 4.78. The van der Waals surface area contributed by atoms with E-state index in [1.165, 1.54) is 11.8 Å². The Balaban J connectivity index is 1.54. The lowest BCUT2D eigenvalue weighted by molar-refractivity contribution is -0.132. The number of amides is 1. The molecule has 5 rings (SSSR count). The summed E-state index contributed by atoms with van der Waals surface area (Å²) in [5, 5.41) is 9.87. The van der Waals surface area contributed by atoms with Crippen LogP contribution in [0.3, 0.4) is 0 Å². The minimum absolute atomic E-state index is 0.0485. The Kier molecular flexibility index (Phi) is 5.67. The molecule has 2 aromatic heterocycles. The van der Waals surface area contributed by atoms with Crippen LogP contribution in [0, 0.1) is 6.92 Å². The largest absolute Gasteiger partial charge is 0.378 e. The Hall–Kier alpha value is -3.17. The van der Waals surface area contributed by atoms with Crippen molar-refractivity contribution < 1.29 is 9.53 Å². The highest BCUT2D eigenvalue weighted by molar-refractivity contribution is 7.99. The molecular formula is C23H23N5O3S. The van der Waals surface area contributed by atoms with Crippen LogP contribution >= 0.6 is 11.8 Å².